The lowest BCUT2D eigenvalue weighted by Gasteiger charge is -2.25. The first-order valence-electron chi connectivity index (χ1n) is 5.17. The van der Waals surface area contributed by atoms with Gasteiger partial charge in [0.1, 0.15) is 11.8 Å². The largest absolute Gasteiger partial charge is 0.478 e. The first-order valence-corrected chi connectivity index (χ1v) is 6.33. The Balaban J connectivity index is 2.30. The molecule has 1 aromatic rings. The number of hydrogen-bond acceptors (Lipinski definition) is 4. The third-order valence-corrected chi connectivity index (χ3v) is 3.85. The SMILES string of the molecule is N#Cc1ccccc1OC1(C(=O)O)CCSC1. The first kappa shape index (κ1) is 11.8. The molecule has 4 nitrogen and oxygen atoms in total. The molecule has 0 aliphatic carbocycles. The van der Waals surface area contributed by atoms with Crippen molar-refractivity contribution in [2.45, 2.75) is 12.0 Å². The molecule has 0 aromatic heterocycles. The third kappa shape index (κ3) is 2.22. The van der Waals surface area contributed by atoms with E-state index in [0.717, 1.165) is 5.75 Å². The molecule has 1 saturated heterocycles. The molecule has 1 atom stereocenters. The van der Waals surface area contributed by atoms with Gasteiger partial charge < -0.3 is 9.84 Å². The van der Waals surface area contributed by atoms with Crippen molar-refractivity contribution in [3.05, 3.63) is 29.8 Å². The van der Waals surface area contributed by atoms with Crippen LogP contribution in [0.1, 0.15) is 12.0 Å². The van der Waals surface area contributed by atoms with Gasteiger partial charge in [0.25, 0.3) is 0 Å². The third-order valence-electron chi connectivity index (χ3n) is 2.69. The highest BCUT2D eigenvalue weighted by molar-refractivity contribution is 7.99. The zero-order chi connectivity index (χ0) is 12.3. The van der Waals surface area contributed by atoms with E-state index in [0.29, 0.717) is 23.5 Å². The minimum Gasteiger partial charge on any atom is -0.478 e. The number of rotatable bonds is 3. The number of thioether (sulfide) groups is 1. The standard InChI is InChI=1S/C12H11NO3S/c13-7-9-3-1-2-4-10(9)16-12(11(14)15)5-6-17-8-12/h1-4H,5-6,8H2,(H,14,15). The zero-order valence-electron chi connectivity index (χ0n) is 9.05. The van der Waals surface area contributed by atoms with Crippen molar-refractivity contribution in [3.8, 4) is 11.8 Å². The van der Waals surface area contributed by atoms with Crippen molar-refractivity contribution >= 4 is 17.7 Å². The highest BCUT2D eigenvalue weighted by Gasteiger charge is 2.44. The molecule has 0 bridgehead atoms. The summed E-state index contributed by atoms with van der Waals surface area (Å²) >= 11 is 1.55. The molecule has 5 heteroatoms. The Hall–Kier alpha value is -1.67. The van der Waals surface area contributed by atoms with Crippen LogP contribution < -0.4 is 4.74 Å². The van der Waals surface area contributed by atoms with Crippen LogP contribution in [-0.4, -0.2) is 28.2 Å². The summed E-state index contributed by atoms with van der Waals surface area (Å²) in [5, 5.41) is 18.2. The van der Waals surface area contributed by atoms with E-state index in [9.17, 15) is 9.90 Å². The average Bonchev–Trinajstić information content (AvgIpc) is 2.80. The second kappa shape index (κ2) is 4.68. The van der Waals surface area contributed by atoms with Gasteiger partial charge in [-0.15, -0.1) is 0 Å². The predicted octanol–water partition coefficient (Wildman–Crippen LogP) is 1.90. The van der Waals surface area contributed by atoms with Gasteiger partial charge in [-0.05, 0) is 17.9 Å². The van der Waals surface area contributed by atoms with E-state index >= 15 is 0 Å². The van der Waals surface area contributed by atoms with Gasteiger partial charge in [-0.1, -0.05) is 12.1 Å². The number of carboxylic acid groups (broad SMARTS) is 1. The van der Waals surface area contributed by atoms with Crippen LogP contribution in [0.15, 0.2) is 24.3 Å². The van der Waals surface area contributed by atoms with E-state index < -0.39 is 11.6 Å². The van der Waals surface area contributed by atoms with Gasteiger partial charge in [0.05, 0.1) is 5.56 Å². The fourth-order valence-electron chi connectivity index (χ4n) is 1.70. The fraction of sp³-hybridized carbons (Fsp3) is 0.333. The van der Waals surface area contributed by atoms with Crippen molar-refractivity contribution in [2.24, 2.45) is 0 Å². The quantitative estimate of drug-likeness (QED) is 0.885. The summed E-state index contributed by atoms with van der Waals surface area (Å²) in [6.45, 7) is 0. The first-order chi connectivity index (χ1) is 8.18. The lowest BCUT2D eigenvalue weighted by molar-refractivity contribution is -0.153. The van der Waals surface area contributed by atoms with E-state index in [-0.39, 0.29) is 0 Å². The molecule has 1 unspecified atom stereocenters. The molecule has 1 N–H and O–H groups in total. The van der Waals surface area contributed by atoms with Gasteiger partial charge in [-0.2, -0.15) is 17.0 Å². The molecule has 0 radical (unpaired) electrons. The van der Waals surface area contributed by atoms with Crippen LogP contribution in [0.2, 0.25) is 0 Å². The van der Waals surface area contributed by atoms with Gasteiger partial charge in [0.15, 0.2) is 0 Å². The maximum atomic E-state index is 11.3. The van der Waals surface area contributed by atoms with Gasteiger partial charge in [0.2, 0.25) is 5.60 Å². The number of para-hydroxylation sites is 1. The molecule has 0 spiro atoms. The number of ether oxygens (including phenoxy) is 1. The van der Waals surface area contributed by atoms with Gasteiger partial charge in [-0.3, -0.25) is 0 Å². The van der Waals surface area contributed by atoms with E-state index in [1.807, 2.05) is 6.07 Å². The van der Waals surface area contributed by atoms with Gasteiger partial charge >= 0.3 is 5.97 Å². The normalized spacial score (nSPS) is 23.0. The molecular formula is C12H11NO3S. The zero-order valence-corrected chi connectivity index (χ0v) is 9.87. The minimum absolute atomic E-state index is 0.347. The maximum Gasteiger partial charge on any atom is 0.348 e. The van der Waals surface area contributed by atoms with E-state index in [2.05, 4.69) is 0 Å². The summed E-state index contributed by atoms with van der Waals surface area (Å²) in [4.78, 5) is 11.3. The molecule has 1 aliphatic rings. The van der Waals surface area contributed by atoms with Crippen LogP contribution in [0, 0.1) is 11.3 Å². The van der Waals surface area contributed by atoms with Crippen molar-refractivity contribution in [1.82, 2.24) is 0 Å². The van der Waals surface area contributed by atoms with Crippen molar-refractivity contribution in [1.29, 1.82) is 5.26 Å². The predicted molar refractivity (Wildman–Crippen MR) is 64.1 cm³/mol. The second-order valence-electron chi connectivity index (χ2n) is 3.81. The summed E-state index contributed by atoms with van der Waals surface area (Å²) in [6, 6.07) is 8.70. The lowest BCUT2D eigenvalue weighted by Crippen LogP contribution is -2.44. The monoisotopic (exact) mass is 249 g/mol. The summed E-state index contributed by atoms with van der Waals surface area (Å²) in [5.74, 6) is 0.568. The summed E-state index contributed by atoms with van der Waals surface area (Å²) in [6.07, 6.45) is 0.465. The highest BCUT2D eigenvalue weighted by Crippen LogP contribution is 2.34. The van der Waals surface area contributed by atoms with Crippen molar-refractivity contribution in [2.75, 3.05) is 11.5 Å². The van der Waals surface area contributed by atoms with Crippen LogP contribution in [0.3, 0.4) is 0 Å². The van der Waals surface area contributed by atoms with Crippen molar-refractivity contribution in [3.63, 3.8) is 0 Å². The van der Waals surface area contributed by atoms with Crippen LogP contribution in [0.4, 0.5) is 0 Å². The molecule has 1 heterocycles. The van der Waals surface area contributed by atoms with Crippen LogP contribution >= 0.6 is 11.8 Å². The molecule has 1 fully saturated rings. The Bertz CT molecular complexity index is 475. The Kier molecular flexibility index (Phi) is 3.25. The topological polar surface area (TPSA) is 70.3 Å². The molecule has 1 aromatic carbocycles. The number of benzene rings is 1. The van der Waals surface area contributed by atoms with Gasteiger partial charge in [-0.25, -0.2) is 4.79 Å². The Labute approximate surface area is 103 Å². The highest BCUT2D eigenvalue weighted by atomic mass is 32.2. The molecule has 0 saturated carbocycles. The number of aliphatic carboxylic acids is 1. The summed E-state index contributed by atoms with van der Waals surface area (Å²) < 4.78 is 5.60. The summed E-state index contributed by atoms with van der Waals surface area (Å²) in [7, 11) is 0. The smallest absolute Gasteiger partial charge is 0.348 e. The Morgan fingerprint density at radius 1 is 1.53 bits per heavy atom. The average molecular weight is 249 g/mol. The number of carbonyl (C=O) groups is 1. The molecule has 88 valence electrons. The van der Waals surface area contributed by atoms with E-state index in [1.165, 1.54) is 0 Å². The summed E-state index contributed by atoms with van der Waals surface area (Å²) in [5.41, 5.74) is -0.817. The molecule has 2 rings (SSSR count). The van der Waals surface area contributed by atoms with Crippen LogP contribution in [0.5, 0.6) is 5.75 Å². The Morgan fingerprint density at radius 3 is 2.88 bits per heavy atom. The molecule has 17 heavy (non-hydrogen) atoms. The Morgan fingerprint density at radius 2 is 2.29 bits per heavy atom. The number of nitrogens with zero attached hydrogens (tertiary/aromatic N) is 1. The van der Waals surface area contributed by atoms with E-state index in [1.54, 1.807) is 36.0 Å². The second-order valence-corrected chi connectivity index (χ2v) is 4.92. The van der Waals surface area contributed by atoms with Crippen LogP contribution in [0.25, 0.3) is 0 Å². The molecule has 0 amide bonds. The number of hydrogen-bond donors (Lipinski definition) is 1. The number of carboxylic acids is 1. The fourth-order valence-corrected chi connectivity index (χ4v) is 2.97. The van der Waals surface area contributed by atoms with Gasteiger partial charge in [0, 0.05) is 12.2 Å². The van der Waals surface area contributed by atoms with E-state index in [4.69, 9.17) is 10.00 Å². The minimum atomic E-state index is -1.18. The molecule has 1 aliphatic heterocycles. The van der Waals surface area contributed by atoms with Crippen molar-refractivity contribution < 1.29 is 14.6 Å². The number of nitriles is 1. The molecular weight excluding hydrogens is 238 g/mol. The maximum absolute atomic E-state index is 11.3. The van der Waals surface area contributed by atoms with Crippen LogP contribution in [-0.2, 0) is 4.79 Å². The lowest BCUT2D eigenvalue weighted by atomic mass is 10.0.